The van der Waals surface area contributed by atoms with E-state index < -0.39 is 23.6 Å². The number of pyridine rings is 1. The number of fused-ring (bicyclic) bond motifs is 4. The number of aryl methyl sites for hydroxylation is 1. The zero-order valence-electron chi connectivity index (χ0n) is 27.4. The number of nitrogens with zero attached hydrogens (tertiary/aromatic N) is 7. The van der Waals surface area contributed by atoms with Crippen LogP contribution in [-0.2, 0) is 4.79 Å². The molecule has 0 bridgehead atoms. The molecule has 0 spiro atoms. The summed E-state index contributed by atoms with van der Waals surface area (Å²) in [6, 6.07) is 16.7. The number of likely N-dealkylation sites (tertiary alicyclic amines) is 2. The standard InChI is InChI=1S/C38H35F2N7O2/c1-22-17-30-35(34(40)32(22)29-11-5-8-24-7-4-9-25(19-42)33(24)29)44-37(49-21-28-10-6-15-45(28)3)31-20-43-47(36(30)31)27-13-16-46(38(48)23(2)39)26(18-27)12-14-41/h4-5,7-9,11,17,20,26-28H,2,6,10,12-13,15-16,18,21H2,1,3H3/t26-,27+,28?/m1/s1. The van der Waals surface area contributed by atoms with Crippen LogP contribution >= 0.6 is 0 Å². The molecule has 3 atom stereocenters. The highest BCUT2D eigenvalue weighted by atomic mass is 19.1. The molecule has 5 aromatic rings. The topological polar surface area (TPSA) is 111 Å². The molecule has 7 rings (SSSR count). The van der Waals surface area contributed by atoms with E-state index in [2.05, 4.69) is 30.7 Å². The second-order valence-corrected chi connectivity index (χ2v) is 13.1. The largest absolute Gasteiger partial charge is 0.475 e. The Hall–Kier alpha value is -5.39. The fourth-order valence-electron chi connectivity index (χ4n) is 7.70. The smallest absolute Gasteiger partial charge is 0.282 e. The average Bonchev–Trinajstić information content (AvgIpc) is 3.73. The van der Waals surface area contributed by atoms with Crippen molar-refractivity contribution in [2.24, 2.45) is 0 Å². The first-order valence-corrected chi connectivity index (χ1v) is 16.5. The van der Waals surface area contributed by atoms with Gasteiger partial charge in [0.05, 0.1) is 47.3 Å². The highest BCUT2D eigenvalue weighted by molar-refractivity contribution is 6.09. The van der Waals surface area contributed by atoms with E-state index in [0.717, 1.165) is 24.8 Å². The first kappa shape index (κ1) is 32.2. The second-order valence-electron chi connectivity index (χ2n) is 13.1. The monoisotopic (exact) mass is 659 g/mol. The lowest BCUT2D eigenvalue weighted by atomic mass is 9.90. The van der Waals surface area contributed by atoms with Crippen molar-refractivity contribution in [1.82, 2.24) is 24.6 Å². The zero-order valence-corrected chi connectivity index (χ0v) is 27.4. The molecule has 3 aromatic carbocycles. The number of carbonyl (C=O) groups is 1. The molecule has 0 N–H and O–H groups in total. The van der Waals surface area contributed by atoms with E-state index in [1.807, 2.05) is 48.0 Å². The summed E-state index contributed by atoms with van der Waals surface area (Å²) < 4.78 is 39.3. The number of amides is 1. The van der Waals surface area contributed by atoms with Crippen molar-refractivity contribution in [2.75, 3.05) is 26.7 Å². The molecule has 2 aliphatic rings. The number of carbonyl (C=O) groups excluding carboxylic acids is 1. The predicted molar refractivity (Wildman–Crippen MR) is 183 cm³/mol. The average molecular weight is 660 g/mol. The Balaban J connectivity index is 1.41. The van der Waals surface area contributed by atoms with Crippen LogP contribution in [0.3, 0.4) is 0 Å². The number of aromatic nitrogens is 3. The SMILES string of the molecule is C=C(F)C(=O)N1CC[C@H](n2ncc3c(OCC4CCCN4C)nc4c(F)c(-c5cccc6cccc(C#N)c56)c(C)cc4c32)C[C@H]1CC#N. The van der Waals surface area contributed by atoms with Gasteiger partial charge in [-0.05, 0) is 74.8 Å². The Morgan fingerprint density at radius 1 is 1.12 bits per heavy atom. The van der Waals surface area contributed by atoms with Crippen LogP contribution in [0.4, 0.5) is 8.78 Å². The summed E-state index contributed by atoms with van der Waals surface area (Å²) in [6.07, 6.45) is 4.54. The number of halogens is 2. The van der Waals surface area contributed by atoms with Gasteiger partial charge in [-0.1, -0.05) is 36.9 Å². The fourth-order valence-corrected chi connectivity index (χ4v) is 7.70. The molecule has 2 aliphatic heterocycles. The molecule has 1 amide bonds. The summed E-state index contributed by atoms with van der Waals surface area (Å²) >= 11 is 0. The number of benzene rings is 3. The van der Waals surface area contributed by atoms with Gasteiger partial charge in [0.1, 0.15) is 12.1 Å². The van der Waals surface area contributed by atoms with E-state index in [1.54, 1.807) is 12.3 Å². The van der Waals surface area contributed by atoms with Crippen LogP contribution in [0, 0.1) is 35.4 Å². The fraction of sp³-hybridized carbons (Fsp3) is 0.342. The molecule has 0 saturated carbocycles. The lowest BCUT2D eigenvalue weighted by Crippen LogP contribution is -2.46. The maximum Gasteiger partial charge on any atom is 0.282 e. The van der Waals surface area contributed by atoms with Gasteiger partial charge in [0.2, 0.25) is 5.88 Å². The normalized spacial score (nSPS) is 19.7. The number of hydrogen-bond acceptors (Lipinski definition) is 7. The Kier molecular flexibility index (Phi) is 8.47. The van der Waals surface area contributed by atoms with E-state index >= 15 is 4.39 Å². The quantitative estimate of drug-likeness (QED) is 0.171. The van der Waals surface area contributed by atoms with Crippen molar-refractivity contribution < 1.29 is 18.3 Å². The number of rotatable bonds is 7. The van der Waals surface area contributed by atoms with E-state index in [0.29, 0.717) is 63.4 Å². The van der Waals surface area contributed by atoms with Gasteiger partial charge >= 0.3 is 0 Å². The number of likely N-dealkylation sites (N-methyl/N-ethyl adjacent to an activating group) is 1. The predicted octanol–water partition coefficient (Wildman–Crippen LogP) is 7.13. The minimum absolute atomic E-state index is 0.0209. The van der Waals surface area contributed by atoms with Crippen LogP contribution in [0.1, 0.15) is 49.3 Å². The maximum atomic E-state index is 17.2. The van der Waals surface area contributed by atoms with Crippen LogP contribution in [0.15, 0.2) is 61.1 Å². The van der Waals surface area contributed by atoms with Gasteiger partial charge in [-0.3, -0.25) is 9.48 Å². The number of ether oxygens (including phenoxy) is 1. The van der Waals surface area contributed by atoms with E-state index in [-0.39, 0.29) is 36.4 Å². The summed E-state index contributed by atoms with van der Waals surface area (Å²) in [5.74, 6) is -2.14. The Morgan fingerprint density at radius 3 is 2.63 bits per heavy atom. The number of nitriles is 2. The highest BCUT2D eigenvalue weighted by Crippen LogP contribution is 2.42. The van der Waals surface area contributed by atoms with Crippen molar-refractivity contribution in [1.29, 1.82) is 10.5 Å². The van der Waals surface area contributed by atoms with Crippen LogP contribution in [0.5, 0.6) is 5.88 Å². The molecule has 2 fully saturated rings. The van der Waals surface area contributed by atoms with Crippen LogP contribution in [-0.4, -0.2) is 69.3 Å². The minimum atomic E-state index is -1.06. The molecular weight excluding hydrogens is 624 g/mol. The third kappa shape index (κ3) is 5.54. The first-order chi connectivity index (χ1) is 23.7. The number of piperidine rings is 1. The highest BCUT2D eigenvalue weighted by Gasteiger charge is 2.35. The van der Waals surface area contributed by atoms with Gasteiger partial charge in [-0.2, -0.15) is 15.6 Å². The summed E-state index contributed by atoms with van der Waals surface area (Å²) in [6.45, 7) is 6.57. The zero-order chi connectivity index (χ0) is 34.4. The molecule has 11 heteroatoms. The molecule has 4 heterocycles. The molecule has 9 nitrogen and oxygen atoms in total. The Bertz CT molecular complexity index is 2230. The van der Waals surface area contributed by atoms with Crippen molar-refractivity contribution in [3.63, 3.8) is 0 Å². The molecule has 2 saturated heterocycles. The van der Waals surface area contributed by atoms with Crippen LogP contribution in [0.2, 0.25) is 0 Å². The molecular formula is C38H35F2N7O2. The van der Waals surface area contributed by atoms with Crippen molar-refractivity contribution in [2.45, 2.75) is 57.2 Å². The van der Waals surface area contributed by atoms with Gasteiger partial charge in [-0.25, -0.2) is 13.8 Å². The number of hydrogen-bond donors (Lipinski definition) is 0. The van der Waals surface area contributed by atoms with Crippen molar-refractivity contribution in [3.8, 4) is 29.1 Å². The molecule has 1 unspecified atom stereocenters. The van der Waals surface area contributed by atoms with Crippen molar-refractivity contribution >= 4 is 38.5 Å². The first-order valence-electron chi connectivity index (χ1n) is 16.5. The molecule has 248 valence electrons. The molecule has 49 heavy (non-hydrogen) atoms. The summed E-state index contributed by atoms with van der Waals surface area (Å²) in [7, 11) is 2.06. The third-order valence-electron chi connectivity index (χ3n) is 10.2. The van der Waals surface area contributed by atoms with Gasteiger partial charge in [0, 0.05) is 35.0 Å². The van der Waals surface area contributed by atoms with Gasteiger partial charge < -0.3 is 14.5 Å². The van der Waals surface area contributed by atoms with Gasteiger partial charge in [0.15, 0.2) is 11.6 Å². The summed E-state index contributed by atoms with van der Waals surface area (Å²) in [4.78, 5) is 21.0. The van der Waals surface area contributed by atoms with Crippen molar-refractivity contribution in [3.05, 3.63) is 78.0 Å². The van der Waals surface area contributed by atoms with E-state index in [1.165, 1.54) is 4.90 Å². The summed E-state index contributed by atoms with van der Waals surface area (Å²) in [5.41, 5.74) is 2.82. The lowest BCUT2D eigenvalue weighted by Gasteiger charge is -2.38. The minimum Gasteiger partial charge on any atom is -0.475 e. The molecule has 0 aliphatic carbocycles. The van der Waals surface area contributed by atoms with Gasteiger partial charge in [-0.15, -0.1) is 0 Å². The summed E-state index contributed by atoms with van der Waals surface area (Å²) in [5, 5.41) is 27.0. The van der Waals surface area contributed by atoms with Crippen LogP contribution < -0.4 is 4.74 Å². The van der Waals surface area contributed by atoms with E-state index in [4.69, 9.17) is 14.8 Å². The Morgan fingerprint density at radius 2 is 1.92 bits per heavy atom. The Labute approximate surface area is 282 Å². The second kappa shape index (κ2) is 12.9. The maximum absolute atomic E-state index is 17.2. The van der Waals surface area contributed by atoms with E-state index in [9.17, 15) is 19.7 Å². The molecule has 2 aromatic heterocycles. The third-order valence-corrected chi connectivity index (χ3v) is 10.2. The lowest BCUT2D eigenvalue weighted by molar-refractivity contribution is -0.132. The molecule has 0 radical (unpaired) electrons. The van der Waals surface area contributed by atoms with Gasteiger partial charge in [0.25, 0.3) is 5.91 Å². The van der Waals surface area contributed by atoms with Crippen LogP contribution in [0.25, 0.3) is 43.7 Å².